The van der Waals surface area contributed by atoms with Crippen LogP contribution in [-0.2, 0) is 6.42 Å². The zero-order valence-electron chi connectivity index (χ0n) is 8.22. The van der Waals surface area contributed by atoms with Crippen LogP contribution in [0.3, 0.4) is 0 Å². The summed E-state index contributed by atoms with van der Waals surface area (Å²) >= 11 is 0.206. The van der Waals surface area contributed by atoms with Crippen molar-refractivity contribution in [1.82, 2.24) is 0 Å². The molecule has 0 aliphatic rings. The third-order valence-electron chi connectivity index (χ3n) is 1.96. The van der Waals surface area contributed by atoms with Crippen molar-refractivity contribution in [2.45, 2.75) is 13.3 Å². The second kappa shape index (κ2) is 4.70. The van der Waals surface area contributed by atoms with E-state index in [1.165, 1.54) is 11.1 Å². The van der Waals surface area contributed by atoms with Crippen LogP contribution in [-0.4, -0.2) is 35.3 Å². The summed E-state index contributed by atoms with van der Waals surface area (Å²) in [4.78, 5) is 0. The van der Waals surface area contributed by atoms with Gasteiger partial charge in [-0.15, -0.1) is 0 Å². The molecular formula is C9H15NO2Se. The molecule has 1 aromatic rings. The van der Waals surface area contributed by atoms with Crippen LogP contribution >= 0.6 is 0 Å². The van der Waals surface area contributed by atoms with E-state index in [0.29, 0.717) is 6.54 Å². The molecule has 4 heteroatoms. The van der Waals surface area contributed by atoms with Crippen LogP contribution in [0.1, 0.15) is 11.1 Å². The molecule has 2 N–H and O–H groups in total. The van der Waals surface area contributed by atoms with Crippen molar-refractivity contribution in [3.8, 4) is 9.25 Å². The number of nitrogens with two attached hydrogens (primary N) is 1. The first kappa shape index (κ1) is 10.6. The molecule has 74 valence electrons. The molecule has 1 rings (SSSR count). The Morgan fingerprint density at radius 2 is 1.85 bits per heavy atom. The zero-order chi connectivity index (χ0) is 9.84. The maximum atomic E-state index is 5.53. The Hall–Kier alpha value is -0.441. The van der Waals surface area contributed by atoms with Crippen LogP contribution in [0.5, 0.6) is 9.25 Å². The van der Waals surface area contributed by atoms with Crippen molar-refractivity contribution in [1.29, 1.82) is 0 Å². The normalized spacial score (nSPS) is 10.2. The minimum atomic E-state index is 0.206. The van der Waals surface area contributed by atoms with Gasteiger partial charge in [0.1, 0.15) is 0 Å². The number of rotatable bonds is 4. The van der Waals surface area contributed by atoms with Gasteiger partial charge < -0.3 is 0 Å². The topological polar surface area (TPSA) is 44.5 Å². The van der Waals surface area contributed by atoms with Crippen molar-refractivity contribution in [2.24, 2.45) is 5.73 Å². The quantitative estimate of drug-likeness (QED) is 0.792. The number of methoxy groups -OCH3 is 2. The van der Waals surface area contributed by atoms with E-state index >= 15 is 0 Å². The van der Waals surface area contributed by atoms with Gasteiger partial charge in [-0.1, -0.05) is 0 Å². The molecule has 0 radical (unpaired) electrons. The maximum absolute atomic E-state index is 5.53. The van der Waals surface area contributed by atoms with Gasteiger partial charge in [0.05, 0.1) is 0 Å². The van der Waals surface area contributed by atoms with E-state index in [4.69, 9.17) is 15.2 Å². The second-order valence-electron chi connectivity index (χ2n) is 2.73. The van der Waals surface area contributed by atoms with E-state index in [0.717, 1.165) is 15.7 Å². The monoisotopic (exact) mass is 249 g/mol. The van der Waals surface area contributed by atoms with Gasteiger partial charge in [-0.3, -0.25) is 0 Å². The summed E-state index contributed by atoms with van der Waals surface area (Å²) in [5.74, 6) is 0. The van der Waals surface area contributed by atoms with Gasteiger partial charge in [0.15, 0.2) is 0 Å². The van der Waals surface area contributed by atoms with Gasteiger partial charge in [0.25, 0.3) is 0 Å². The molecular weight excluding hydrogens is 233 g/mol. The van der Waals surface area contributed by atoms with E-state index in [-0.39, 0.29) is 14.5 Å². The molecule has 1 heterocycles. The molecule has 0 aliphatic heterocycles. The van der Waals surface area contributed by atoms with Crippen molar-refractivity contribution >= 4 is 14.5 Å². The zero-order valence-corrected chi connectivity index (χ0v) is 9.93. The summed E-state index contributed by atoms with van der Waals surface area (Å²) in [6.07, 6.45) is 0.879. The average molecular weight is 248 g/mol. The van der Waals surface area contributed by atoms with Crippen molar-refractivity contribution in [3.05, 3.63) is 11.1 Å². The van der Waals surface area contributed by atoms with E-state index in [1.807, 2.05) is 0 Å². The van der Waals surface area contributed by atoms with Crippen LogP contribution in [0.4, 0.5) is 0 Å². The van der Waals surface area contributed by atoms with Crippen LogP contribution in [0, 0.1) is 6.92 Å². The van der Waals surface area contributed by atoms with Crippen LogP contribution in [0.15, 0.2) is 0 Å². The fourth-order valence-electron chi connectivity index (χ4n) is 1.29. The van der Waals surface area contributed by atoms with E-state index < -0.39 is 0 Å². The van der Waals surface area contributed by atoms with E-state index in [2.05, 4.69) is 6.92 Å². The van der Waals surface area contributed by atoms with Crippen LogP contribution in [0.25, 0.3) is 0 Å². The predicted octanol–water partition coefficient (Wildman–Crippen LogP) is 0.570. The number of ether oxygens (including phenoxy) is 2. The summed E-state index contributed by atoms with van der Waals surface area (Å²) in [7, 11) is 3.42. The van der Waals surface area contributed by atoms with E-state index in [1.54, 1.807) is 14.2 Å². The predicted molar refractivity (Wildman–Crippen MR) is 54.0 cm³/mol. The molecule has 0 saturated heterocycles. The third kappa shape index (κ3) is 2.08. The van der Waals surface area contributed by atoms with Crippen molar-refractivity contribution in [3.63, 3.8) is 0 Å². The Labute approximate surface area is 84.6 Å². The molecule has 0 unspecified atom stereocenters. The first-order chi connectivity index (χ1) is 6.24. The van der Waals surface area contributed by atoms with Gasteiger partial charge >= 0.3 is 84.2 Å². The SMILES string of the molecule is COc1[se]c(OC)c(CCN)c1C. The number of hydrogen-bond donors (Lipinski definition) is 1. The molecule has 1 aromatic heterocycles. The van der Waals surface area contributed by atoms with Gasteiger partial charge in [-0.2, -0.15) is 0 Å². The molecule has 0 atom stereocenters. The third-order valence-corrected chi connectivity index (χ3v) is 4.59. The average Bonchev–Trinajstić information content (AvgIpc) is 2.45. The molecule has 3 nitrogen and oxygen atoms in total. The Morgan fingerprint density at radius 3 is 2.31 bits per heavy atom. The molecule has 0 bridgehead atoms. The summed E-state index contributed by atoms with van der Waals surface area (Å²) in [6, 6.07) is 0. The summed E-state index contributed by atoms with van der Waals surface area (Å²) in [6.45, 7) is 2.73. The second-order valence-corrected chi connectivity index (χ2v) is 4.71. The first-order valence-corrected chi connectivity index (χ1v) is 5.86. The van der Waals surface area contributed by atoms with Gasteiger partial charge in [0, 0.05) is 0 Å². The molecule has 13 heavy (non-hydrogen) atoms. The molecule has 0 amide bonds. The fraction of sp³-hybridized carbons (Fsp3) is 0.556. The van der Waals surface area contributed by atoms with Crippen molar-refractivity contribution < 1.29 is 9.47 Å². The fourth-order valence-corrected chi connectivity index (χ4v) is 3.37. The molecule has 0 fully saturated rings. The van der Waals surface area contributed by atoms with Crippen LogP contribution < -0.4 is 15.2 Å². The van der Waals surface area contributed by atoms with Gasteiger partial charge in [-0.25, -0.2) is 0 Å². The molecule has 0 spiro atoms. The minimum absolute atomic E-state index is 0.206. The summed E-state index contributed by atoms with van der Waals surface area (Å²) in [5.41, 5.74) is 7.98. The molecule has 0 saturated carbocycles. The van der Waals surface area contributed by atoms with Crippen LogP contribution in [0.2, 0.25) is 0 Å². The number of hydrogen-bond acceptors (Lipinski definition) is 3. The Bertz CT molecular complexity index is 283. The Balaban J connectivity index is 3.05. The molecule has 0 aliphatic carbocycles. The molecule has 0 aromatic carbocycles. The standard InChI is InChI=1S/C9H15NO2Se/c1-6-7(4-5-10)9(12-3)13-8(6)11-2/h4-5,10H2,1-3H3. The Kier molecular flexibility index (Phi) is 3.85. The van der Waals surface area contributed by atoms with Gasteiger partial charge in [0.2, 0.25) is 0 Å². The first-order valence-electron chi connectivity index (χ1n) is 4.14. The van der Waals surface area contributed by atoms with Crippen molar-refractivity contribution in [2.75, 3.05) is 20.8 Å². The Morgan fingerprint density at radius 1 is 1.23 bits per heavy atom. The van der Waals surface area contributed by atoms with Gasteiger partial charge in [-0.05, 0) is 0 Å². The van der Waals surface area contributed by atoms with E-state index in [9.17, 15) is 0 Å². The summed E-state index contributed by atoms with van der Waals surface area (Å²) in [5, 5.41) is 0. The summed E-state index contributed by atoms with van der Waals surface area (Å²) < 4.78 is 12.7.